The molecule has 2 heterocycles. The van der Waals surface area contributed by atoms with Crippen LogP contribution in [0.2, 0.25) is 0 Å². The molecule has 2 aromatic carbocycles. The minimum Gasteiger partial charge on any atom is -0.340 e. The van der Waals surface area contributed by atoms with Crippen LogP contribution in [0.1, 0.15) is 16.8 Å². The lowest BCUT2D eigenvalue weighted by Crippen LogP contribution is -2.06. The Bertz CT molecular complexity index is 1050. The lowest BCUT2D eigenvalue weighted by atomic mass is 10.1. The van der Waals surface area contributed by atoms with Crippen LogP contribution >= 0.6 is 0 Å². The lowest BCUT2D eigenvalue weighted by Gasteiger charge is -2.14. The quantitative estimate of drug-likeness (QED) is 0.571. The van der Waals surface area contributed by atoms with E-state index in [1.54, 1.807) is 0 Å². The SMILES string of the molecule is Cc1cccc(Nc2c(C)c(C)nc3c(-c4ccccc4)cnn23)c1. The number of hydrogen-bond donors (Lipinski definition) is 1. The van der Waals surface area contributed by atoms with E-state index in [9.17, 15) is 0 Å². The summed E-state index contributed by atoms with van der Waals surface area (Å²) in [6.45, 7) is 6.20. The van der Waals surface area contributed by atoms with Crippen LogP contribution in [0, 0.1) is 20.8 Å². The molecule has 0 aliphatic heterocycles. The summed E-state index contributed by atoms with van der Waals surface area (Å²) in [6.07, 6.45) is 1.89. The number of nitrogens with one attached hydrogen (secondary N) is 1. The summed E-state index contributed by atoms with van der Waals surface area (Å²) in [7, 11) is 0. The number of fused-ring (bicyclic) bond motifs is 1. The van der Waals surface area contributed by atoms with Crippen LogP contribution in [-0.2, 0) is 0 Å². The maximum Gasteiger partial charge on any atom is 0.165 e. The average Bonchev–Trinajstić information content (AvgIpc) is 3.03. The number of rotatable bonds is 3. The minimum absolute atomic E-state index is 0.865. The molecule has 0 fully saturated rings. The first-order chi connectivity index (χ1) is 12.1. The molecular weight excluding hydrogens is 308 g/mol. The first kappa shape index (κ1) is 15.4. The normalized spacial score (nSPS) is 11.0. The van der Waals surface area contributed by atoms with E-state index in [1.165, 1.54) is 5.56 Å². The molecule has 0 amide bonds. The number of anilines is 2. The van der Waals surface area contributed by atoms with Gasteiger partial charge in [0.05, 0.1) is 6.20 Å². The van der Waals surface area contributed by atoms with Gasteiger partial charge < -0.3 is 5.32 Å². The zero-order valence-corrected chi connectivity index (χ0v) is 14.6. The van der Waals surface area contributed by atoms with Gasteiger partial charge in [0.1, 0.15) is 5.82 Å². The Morgan fingerprint density at radius 1 is 0.920 bits per heavy atom. The molecule has 0 saturated carbocycles. The molecule has 0 spiro atoms. The van der Waals surface area contributed by atoms with E-state index in [1.807, 2.05) is 35.8 Å². The summed E-state index contributed by atoms with van der Waals surface area (Å²) in [5.41, 5.74) is 7.38. The molecule has 0 unspecified atom stereocenters. The van der Waals surface area contributed by atoms with Gasteiger partial charge in [-0.1, -0.05) is 42.5 Å². The Balaban J connectivity index is 1.89. The van der Waals surface area contributed by atoms with Crippen LogP contribution in [-0.4, -0.2) is 14.6 Å². The van der Waals surface area contributed by atoms with Crippen molar-refractivity contribution in [1.29, 1.82) is 0 Å². The standard InChI is InChI=1S/C21H20N4/c1-14-8-7-11-18(12-14)24-20-15(2)16(3)23-21-19(13-22-25(20)21)17-9-5-4-6-10-17/h4-13,24H,1-3H3. The van der Waals surface area contributed by atoms with Crippen LogP contribution in [0.3, 0.4) is 0 Å². The van der Waals surface area contributed by atoms with E-state index in [0.29, 0.717) is 0 Å². The zero-order chi connectivity index (χ0) is 17.4. The molecule has 4 rings (SSSR count). The highest BCUT2D eigenvalue weighted by Crippen LogP contribution is 2.29. The summed E-state index contributed by atoms with van der Waals surface area (Å²) in [4.78, 5) is 4.79. The van der Waals surface area contributed by atoms with Gasteiger partial charge in [-0.25, -0.2) is 4.98 Å². The van der Waals surface area contributed by atoms with Crippen molar-refractivity contribution in [3.05, 3.63) is 77.6 Å². The molecule has 4 nitrogen and oxygen atoms in total. The van der Waals surface area contributed by atoms with E-state index in [-0.39, 0.29) is 0 Å². The molecule has 0 atom stereocenters. The second-order valence-corrected chi connectivity index (χ2v) is 6.32. The van der Waals surface area contributed by atoms with Crippen molar-refractivity contribution in [1.82, 2.24) is 14.6 Å². The van der Waals surface area contributed by atoms with Crippen molar-refractivity contribution in [2.24, 2.45) is 0 Å². The molecule has 4 heteroatoms. The molecule has 124 valence electrons. The number of benzene rings is 2. The maximum atomic E-state index is 4.79. The van der Waals surface area contributed by atoms with Crippen LogP contribution in [0.5, 0.6) is 0 Å². The fourth-order valence-electron chi connectivity index (χ4n) is 3.01. The fraction of sp³-hybridized carbons (Fsp3) is 0.143. The van der Waals surface area contributed by atoms with Gasteiger partial charge in [-0.3, -0.25) is 0 Å². The Labute approximate surface area is 147 Å². The Morgan fingerprint density at radius 3 is 2.48 bits per heavy atom. The maximum absolute atomic E-state index is 4.79. The third-order valence-electron chi connectivity index (χ3n) is 4.49. The monoisotopic (exact) mass is 328 g/mol. The third kappa shape index (κ3) is 2.76. The van der Waals surface area contributed by atoms with Gasteiger partial charge in [-0.05, 0) is 44.0 Å². The summed E-state index contributed by atoms with van der Waals surface area (Å²) < 4.78 is 1.90. The molecule has 0 aliphatic carbocycles. The fourth-order valence-corrected chi connectivity index (χ4v) is 3.01. The van der Waals surface area contributed by atoms with Gasteiger partial charge in [-0.15, -0.1) is 0 Å². The summed E-state index contributed by atoms with van der Waals surface area (Å²) in [5, 5.41) is 8.13. The predicted octanol–water partition coefficient (Wildman–Crippen LogP) is 5.07. The van der Waals surface area contributed by atoms with Crippen LogP contribution in [0.25, 0.3) is 16.8 Å². The number of aromatic nitrogens is 3. The topological polar surface area (TPSA) is 42.2 Å². The second-order valence-electron chi connectivity index (χ2n) is 6.32. The highest BCUT2D eigenvalue weighted by atomic mass is 15.3. The summed E-state index contributed by atoms with van der Waals surface area (Å²) in [6, 6.07) is 18.6. The van der Waals surface area contributed by atoms with E-state index in [4.69, 9.17) is 4.98 Å². The molecule has 0 saturated heterocycles. The van der Waals surface area contributed by atoms with Gasteiger partial charge in [-0.2, -0.15) is 9.61 Å². The molecule has 0 bridgehead atoms. The van der Waals surface area contributed by atoms with E-state index < -0.39 is 0 Å². The predicted molar refractivity (Wildman–Crippen MR) is 102 cm³/mol. The van der Waals surface area contributed by atoms with Gasteiger partial charge in [0.25, 0.3) is 0 Å². The van der Waals surface area contributed by atoms with E-state index in [2.05, 4.69) is 60.7 Å². The third-order valence-corrected chi connectivity index (χ3v) is 4.49. The molecule has 2 aromatic heterocycles. The first-order valence-corrected chi connectivity index (χ1v) is 8.37. The highest BCUT2D eigenvalue weighted by Gasteiger charge is 2.15. The van der Waals surface area contributed by atoms with Gasteiger partial charge in [0.2, 0.25) is 0 Å². The first-order valence-electron chi connectivity index (χ1n) is 8.37. The smallest absolute Gasteiger partial charge is 0.165 e. The molecule has 0 radical (unpaired) electrons. The molecular formula is C21H20N4. The number of nitrogens with zero attached hydrogens (tertiary/aromatic N) is 3. The van der Waals surface area contributed by atoms with Crippen molar-refractivity contribution in [2.45, 2.75) is 20.8 Å². The summed E-state index contributed by atoms with van der Waals surface area (Å²) >= 11 is 0. The molecule has 25 heavy (non-hydrogen) atoms. The van der Waals surface area contributed by atoms with Crippen LogP contribution < -0.4 is 5.32 Å². The van der Waals surface area contributed by atoms with Gasteiger partial charge >= 0.3 is 0 Å². The van der Waals surface area contributed by atoms with Gasteiger partial charge in [0, 0.05) is 22.5 Å². The Morgan fingerprint density at radius 2 is 1.72 bits per heavy atom. The van der Waals surface area contributed by atoms with Crippen molar-refractivity contribution in [2.75, 3.05) is 5.32 Å². The van der Waals surface area contributed by atoms with Crippen molar-refractivity contribution >= 4 is 17.2 Å². The number of hydrogen-bond acceptors (Lipinski definition) is 3. The van der Waals surface area contributed by atoms with Crippen molar-refractivity contribution in [3.63, 3.8) is 0 Å². The Hall–Kier alpha value is -3.14. The molecule has 1 N–H and O–H groups in total. The zero-order valence-electron chi connectivity index (χ0n) is 14.6. The lowest BCUT2D eigenvalue weighted by molar-refractivity contribution is 0.924. The minimum atomic E-state index is 0.865. The van der Waals surface area contributed by atoms with Crippen LogP contribution in [0.4, 0.5) is 11.5 Å². The molecule has 0 aliphatic rings. The van der Waals surface area contributed by atoms with Gasteiger partial charge in [0.15, 0.2) is 5.65 Å². The molecule has 4 aromatic rings. The Kier molecular flexibility index (Phi) is 3.73. The van der Waals surface area contributed by atoms with Crippen LogP contribution in [0.15, 0.2) is 60.8 Å². The average molecular weight is 328 g/mol. The van der Waals surface area contributed by atoms with E-state index >= 15 is 0 Å². The second kappa shape index (κ2) is 6.06. The highest BCUT2D eigenvalue weighted by molar-refractivity contribution is 5.79. The largest absolute Gasteiger partial charge is 0.340 e. The number of aryl methyl sites for hydroxylation is 2. The van der Waals surface area contributed by atoms with Crippen molar-refractivity contribution in [3.8, 4) is 11.1 Å². The van der Waals surface area contributed by atoms with E-state index in [0.717, 1.165) is 39.5 Å². The van der Waals surface area contributed by atoms with Crippen molar-refractivity contribution < 1.29 is 0 Å². The summed E-state index contributed by atoms with van der Waals surface area (Å²) in [5.74, 6) is 0.954.